The lowest BCUT2D eigenvalue weighted by Gasteiger charge is -1.99. The Bertz CT molecular complexity index is 283. The van der Waals surface area contributed by atoms with Gasteiger partial charge in [0.15, 0.2) is 11.6 Å². The molecule has 1 aliphatic rings. The van der Waals surface area contributed by atoms with Gasteiger partial charge in [0.2, 0.25) is 0 Å². The molecule has 0 radical (unpaired) electrons. The summed E-state index contributed by atoms with van der Waals surface area (Å²) in [7, 11) is 1.66. The summed E-state index contributed by atoms with van der Waals surface area (Å²) in [5.41, 5.74) is 0. The maximum absolute atomic E-state index is 5.31. The second kappa shape index (κ2) is 4.52. The Labute approximate surface area is 82.8 Å². The summed E-state index contributed by atoms with van der Waals surface area (Å²) < 4.78 is 10.2. The van der Waals surface area contributed by atoms with Crippen LogP contribution in [-0.4, -0.2) is 35.5 Å². The SMILES string of the molecule is COCCOCc1nc(C2CC2)n[nH]1. The van der Waals surface area contributed by atoms with Crippen molar-refractivity contribution in [1.29, 1.82) is 0 Å². The van der Waals surface area contributed by atoms with Crippen LogP contribution >= 0.6 is 0 Å². The summed E-state index contributed by atoms with van der Waals surface area (Å²) in [4.78, 5) is 4.34. The van der Waals surface area contributed by atoms with E-state index in [0.717, 1.165) is 11.6 Å². The van der Waals surface area contributed by atoms with Crippen molar-refractivity contribution in [2.75, 3.05) is 20.3 Å². The van der Waals surface area contributed by atoms with Gasteiger partial charge in [0.25, 0.3) is 0 Å². The third kappa shape index (κ3) is 2.52. The number of H-pyrrole nitrogens is 1. The normalized spacial score (nSPS) is 16.1. The number of ether oxygens (including phenoxy) is 2. The predicted octanol–water partition coefficient (Wildman–Crippen LogP) is 0.845. The predicted molar refractivity (Wildman–Crippen MR) is 49.9 cm³/mol. The molecule has 0 atom stereocenters. The van der Waals surface area contributed by atoms with E-state index in [9.17, 15) is 0 Å². The van der Waals surface area contributed by atoms with Crippen molar-refractivity contribution < 1.29 is 9.47 Å². The Morgan fingerprint density at radius 3 is 3.00 bits per heavy atom. The summed E-state index contributed by atoms with van der Waals surface area (Å²) in [5.74, 6) is 2.34. The highest BCUT2D eigenvalue weighted by atomic mass is 16.5. The maximum atomic E-state index is 5.31. The highest BCUT2D eigenvalue weighted by molar-refractivity contribution is 5.04. The Balaban J connectivity index is 1.72. The molecule has 0 aromatic carbocycles. The van der Waals surface area contributed by atoms with Crippen LogP contribution in [0.5, 0.6) is 0 Å². The van der Waals surface area contributed by atoms with Gasteiger partial charge < -0.3 is 9.47 Å². The third-order valence-electron chi connectivity index (χ3n) is 2.16. The third-order valence-corrected chi connectivity index (χ3v) is 2.16. The molecule has 1 saturated carbocycles. The zero-order valence-electron chi connectivity index (χ0n) is 8.32. The molecule has 2 rings (SSSR count). The Morgan fingerprint density at radius 1 is 1.43 bits per heavy atom. The van der Waals surface area contributed by atoms with Crippen LogP contribution < -0.4 is 0 Å². The number of methoxy groups -OCH3 is 1. The van der Waals surface area contributed by atoms with Crippen LogP contribution in [0.25, 0.3) is 0 Å². The molecule has 1 N–H and O–H groups in total. The number of aromatic nitrogens is 3. The van der Waals surface area contributed by atoms with Crippen molar-refractivity contribution in [3.8, 4) is 0 Å². The molecule has 78 valence electrons. The Morgan fingerprint density at radius 2 is 2.29 bits per heavy atom. The standard InChI is InChI=1S/C9H15N3O2/c1-13-4-5-14-6-8-10-9(12-11-8)7-2-3-7/h7H,2-6H2,1H3,(H,10,11,12). The van der Waals surface area contributed by atoms with Gasteiger partial charge in [0.05, 0.1) is 13.2 Å². The number of hydrogen-bond acceptors (Lipinski definition) is 4. The smallest absolute Gasteiger partial charge is 0.153 e. The van der Waals surface area contributed by atoms with Crippen molar-refractivity contribution in [2.24, 2.45) is 0 Å². The Hall–Kier alpha value is -0.940. The molecule has 0 saturated heterocycles. The minimum absolute atomic E-state index is 0.489. The molecule has 1 heterocycles. The Kier molecular flexibility index (Phi) is 3.10. The van der Waals surface area contributed by atoms with E-state index in [1.165, 1.54) is 12.8 Å². The number of aromatic amines is 1. The fraction of sp³-hybridized carbons (Fsp3) is 0.778. The van der Waals surface area contributed by atoms with Gasteiger partial charge in [-0.2, -0.15) is 5.10 Å². The number of nitrogens with zero attached hydrogens (tertiary/aromatic N) is 2. The van der Waals surface area contributed by atoms with Gasteiger partial charge >= 0.3 is 0 Å². The summed E-state index contributed by atoms with van der Waals surface area (Å²) in [5, 5.41) is 7.01. The van der Waals surface area contributed by atoms with Crippen molar-refractivity contribution in [3.63, 3.8) is 0 Å². The van der Waals surface area contributed by atoms with Crippen molar-refractivity contribution in [1.82, 2.24) is 15.2 Å². The molecule has 14 heavy (non-hydrogen) atoms. The molecule has 0 amide bonds. The van der Waals surface area contributed by atoms with E-state index in [1.807, 2.05) is 0 Å². The van der Waals surface area contributed by atoms with Crippen molar-refractivity contribution in [3.05, 3.63) is 11.6 Å². The fourth-order valence-electron chi connectivity index (χ4n) is 1.21. The summed E-state index contributed by atoms with van der Waals surface area (Å²) in [6, 6.07) is 0. The molecule has 1 aromatic rings. The van der Waals surface area contributed by atoms with Crippen molar-refractivity contribution >= 4 is 0 Å². The number of rotatable bonds is 6. The van der Waals surface area contributed by atoms with E-state index >= 15 is 0 Å². The zero-order chi connectivity index (χ0) is 9.80. The highest BCUT2D eigenvalue weighted by Crippen LogP contribution is 2.37. The van der Waals surface area contributed by atoms with Crippen LogP contribution in [0.4, 0.5) is 0 Å². The molecule has 0 unspecified atom stereocenters. The molecule has 1 aromatic heterocycles. The summed E-state index contributed by atoms with van der Waals surface area (Å²) >= 11 is 0. The van der Waals surface area contributed by atoms with Crippen LogP contribution in [0.3, 0.4) is 0 Å². The summed E-state index contributed by atoms with van der Waals surface area (Å²) in [6.07, 6.45) is 2.45. The van der Waals surface area contributed by atoms with E-state index < -0.39 is 0 Å². The first kappa shape index (κ1) is 9.61. The van der Waals surface area contributed by atoms with E-state index in [2.05, 4.69) is 15.2 Å². The zero-order valence-corrected chi connectivity index (χ0v) is 8.32. The highest BCUT2D eigenvalue weighted by Gasteiger charge is 2.27. The minimum Gasteiger partial charge on any atom is -0.382 e. The molecular weight excluding hydrogens is 182 g/mol. The molecule has 5 heteroatoms. The molecule has 0 aliphatic heterocycles. The molecule has 5 nitrogen and oxygen atoms in total. The van der Waals surface area contributed by atoms with Crippen LogP contribution in [0.1, 0.15) is 30.4 Å². The van der Waals surface area contributed by atoms with E-state index in [0.29, 0.717) is 25.7 Å². The molecule has 1 fully saturated rings. The largest absolute Gasteiger partial charge is 0.382 e. The lowest BCUT2D eigenvalue weighted by Crippen LogP contribution is -2.02. The molecule has 0 bridgehead atoms. The first-order chi connectivity index (χ1) is 6.90. The second-order valence-electron chi connectivity index (χ2n) is 3.46. The van der Waals surface area contributed by atoms with Gasteiger partial charge in [-0.3, -0.25) is 5.10 Å². The second-order valence-corrected chi connectivity index (χ2v) is 3.46. The monoisotopic (exact) mass is 197 g/mol. The van der Waals surface area contributed by atoms with Crippen LogP contribution in [0.15, 0.2) is 0 Å². The van der Waals surface area contributed by atoms with Gasteiger partial charge in [0.1, 0.15) is 6.61 Å². The lowest BCUT2D eigenvalue weighted by molar-refractivity contribution is 0.0587. The first-order valence-electron chi connectivity index (χ1n) is 4.88. The average molecular weight is 197 g/mol. The van der Waals surface area contributed by atoms with Gasteiger partial charge in [-0.1, -0.05) is 0 Å². The maximum Gasteiger partial charge on any atom is 0.153 e. The van der Waals surface area contributed by atoms with E-state index in [1.54, 1.807) is 7.11 Å². The van der Waals surface area contributed by atoms with Crippen LogP contribution in [0.2, 0.25) is 0 Å². The van der Waals surface area contributed by atoms with Gasteiger partial charge in [-0.05, 0) is 12.8 Å². The molecule has 0 spiro atoms. The van der Waals surface area contributed by atoms with Crippen molar-refractivity contribution in [2.45, 2.75) is 25.4 Å². The topological polar surface area (TPSA) is 60.0 Å². The number of nitrogens with one attached hydrogen (secondary N) is 1. The van der Waals surface area contributed by atoms with Gasteiger partial charge in [-0.15, -0.1) is 0 Å². The van der Waals surface area contributed by atoms with Crippen LogP contribution in [-0.2, 0) is 16.1 Å². The quantitative estimate of drug-likeness (QED) is 0.687. The average Bonchev–Trinajstić information content (AvgIpc) is 2.94. The first-order valence-corrected chi connectivity index (χ1v) is 4.88. The fourth-order valence-corrected chi connectivity index (χ4v) is 1.21. The van der Waals surface area contributed by atoms with E-state index in [-0.39, 0.29) is 0 Å². The molecular formula is C9H15N3O2. The number of hydrogen-bond donors (Lipinski definition) is 1. The van der Waals surface area contributed by atoms with Crippen LogP contribution in [0, 0.1) is 0 Å². The van der Waals surface area contributed by atoms with Gasteiger partial charge in [-0.25, -0.2) is 4.98 Å². The lowest BCUT2D eigenvalue weighted by atomic mass is 10.4. The summed E-state index contributed by atoms with van der Waals surface area (Å²) in [6.45, 7) is 1.70. The van der Waals surface area contributed by atoms with E-state index in [4.69, 9.17) is 9.47 Å². The minimum atomic E-state index is 0.489. The molecule has 1 aliphatic carbocycles. The van der Waals surface area contributed by atoms with Gasteiger partial charge in [0, 0.05) is 13.0 Å².